The van der Waals surface area contributed by atoms with Crippen molar-refractivity contribution in [2.24, 2.45) is 0 Å². The van der Waals surface area contributed by atoms with E-state index < -0.39 is 0 Å². The molecule has 0 aromatic carbocycles. The van der Waals surface area contributed by atoms with Gasteiger partial charge in [-0.3, -0.25) is 0 Å². The molecule has 0 bridgehead atoms. The Morgan fingerprint density at radius 3 is 2.89 bits per heavy atom. The van der Waals surface area contributed by atoms with Crippen molar-refractivity contribution in [1.29, 1.82) is 0 Å². The van der Waals surface area contributed by atoms with Crippen LogP contribution in [0, 0.1) is 0 Å². The Labute approximate surface area is 113 Å². The van der Waals surface area contributed by atoms with Gasteiger partial charge in [0.05, 0.1) is 11.4 Å². The van der Waals surface area contributed by atoms with Gasteiger partial charge in [0.15, 0.2) is 5.82 Å². The first-order valence-corrected chi connectivity index (χ1v) is 6.97. The Bertz CT molecular complexity index is 555. The molecular weight excluding hydrogens is 236 g/mol. The normalized spacial score (nSPS) is 15.1. The molecule has 0 unspecified atom stereocenters. The van der Waals surface area contributed by atoms with E-state index in [4.69, 9.17) is 0 Å². The molecule has 19 heavy (non-hydrogen) atoms. The Kier molecular flexibility index (Phi) is 3.34. The van der Waals surface area contributed by atoms with Crippen LogP contribution in [0.3, 0.4) is 0 Å². The second kappa shape index (κ2) is 5.13. The highest BCUT2D eigenvalue weighted by molar-refractivity contribution is 5.25. The van der Waals surface area contributed by atoms with Crippen molar-refractivity contribution < 1.29 is 0 Å². The van der Waals surface area contributed by atoms with Crippen LogP contribution in [0.4, 0.5) is 0 Å². The first kappa shape index (κ1) is 12.4. The topological polar surface area (TPSA) is 42.7 Å². The van der Waals surface area contributed by atoms with E-state index in [0.717, 1.165) is 18.1 Å². The number of nitrogens with one attached hydrogen (secondary N) is 1. The van der Waals surface area contributed by atoms with Gasteiger partial charge < -0.3 is 5.32 Å². The van der Waals surface area contributed by atoms with Gasteiger partial charge in [-0.15, -0.1) is 0 Å². The molecule has 0 atom stereocenters. The highest BCUT2D eigenvalue weighted by Gasteiger charge is 2.25. The molecule has 3 rings (SSSR count). The van der Waals surface area contributed by atoms with Gasteiger partial charge in [0.2, 0.25) is 0 Å². The third-order valence-electron chi connectivity index (χ3n) is 3.32. The van der Waals surface area contributed by atoms with E-state index in [-0.39, 0.29) is 0 Å². The van der Waals surface area contributed by atoms with Gasteiger partial charge in [-0.1, -0.05) is 19.9 Å². The third kappa shape index (κ3) is 3.01. The maximum atomic E-state index is 4.65. The van der Waals surface area contributed by atoms with Crippen molar-refractivity contribution in [2.75, 3.05) is 0 Å². The SMILES string of the molecule is CC(C)NCc1cccc(-n2ccc(C3CC3)n2)n1. The predicted molar refractivity (Wildman–Crippen MR) is 75.3 cm³/mol. The van der Waals surface area contributed by atoms with Crippen molar-refractivity contribution in [1.82, 2.24) is 20.1 Å². The maximum Gasteiger partial charge on any atom is 0.153 e. The molecule has 2 aromatic rings. The summed E-state index contributed by atoms with van der Waals surface area (Å²) in [5.74, 6) is 1.59. The predicted octanol–water partition coefficient (Wildman–Crippen LogP) is 2.64. The summed E-state index contributed by atoms with van der Waals surface area (Å²) in [5, 5.41) is 7.99. The summed E-state index contributed by atoms with van der Waals surface area (Å²) in [6.45, 7) is 5.07. The highest BCUT2D eigenvalue weighted by atomic mass is 15.3. The van der Waals surface area contributed by atoms with Gasteiger partial charge in [0.25, 0.3) is 0 Å². The van der Waals surface area contributed by atoms with Gasteiger partial charge >= 0.3 is 0 Å². The average Bonchev–Trinajstić information content (AvgIpc) is 3.14. The molecular formula is C15H20N4. The molecule has 1 aliphatic rings. The van der Waals surface area contributed by atoms with Crippen LogP contribution in [0.2, 0.25) is 0 Å². The summed E-state index contributed by atoms with van der Waals surface area (Å²) in [5.41, 5.74) is 2.25. The van der Waals surface area contributed by atoms with E-state index in [0.29, 0.717) is 12.0 Å². The van der Waals surface area contributed by atoms with Gasteiger partial charge in [-0.2, -0.15) is 5.10 Å². The summed E-state index contributed by atoms with van der Waals surface area (Å²) >= 11 is 0. The molecule has 0 radical (unpaired) electrons. The number of hydrogen-bond acceptors (Lipinski definition) is 3. The molecule has 2 heterocycles. The van der Waals surface area contributed by atoms with E-state index in [1.165, 1.54) is 18.5 Å². The summed E-state index contributed by atoms with van der Waals surface area (Å²) < 4.78 is 1.88. The Morgan fingerprint density at radius 1 is 1.32 bits per heavy atom. The van der Waals surface area contributed by atoms with Crippen LogP contribution in [0.15, 0.2) is 30.5 Å². The van der Waals surface area contributed by atoms with Crippen LogP contribution >= 0.6 is 0 Å². The quantitative estimate of drug-likeness (QED) is 0.894. The van der Waals surface area contributed by atoms with Crippen LogP contribution in [0.1, 0.15) is 44.0 Å². The number of rotatable bonds is 5. The molecule has 1 N–H and O–H groups in total. The van der Waals surface area contributed by atoms with Crippen LogP contribution in [0.25, 0.3) is 5.82 Å². The van der Waals surface area contributed by atoms with E-state index in [9.17, 15) is 0 Å². The van der Waals surface area contributed by atoms with Crippen LogP contribution < -0.4 is 5.32 Å². The standard InChI is InChI=1S/C15H20N4/c1-11(2)16-10-13-4-3-5-15(17-13)19-9-8-14(18-19)12-6-7-12/h3-5,8-9,11-12,16H,6-7,10H2,1-2H3. The molecule has 0 saturated heterocycles. The second-order valence-corrected chi connectivity index (χ2v) is 5.48. The van der Waals surface area contributed by atoms with Crippen molar-refractivity contribution in [3.05, 3.63) is 41.9 Å². The Morgan fingerprint density at radius 2 is 2.16 bits per heavy atom. The molecule has 1 saturated carbocycles. The molecule has 4 heteroatoms. The van der Waals surface area contributed by atoms with Crippen LogP contribution in [-0.4, -0.2) is 20.8 Å². The van der Waals surface area contributed by atoms with E-state index >= 15 is 0 Å². The third-order valence-corrected chi connectivity index (χ3v) is 3.32. The van der Waals surface area contributed by atoms with E-state index in [1.807, 2.05) is 29.1 Å². The molecule has 2 aromatic heterocycles. The van der Waals surface area contributed by atoms with Gasteiger partial charge in [-0.25, -0.2) is 9.67 Å². The molecule has 0 aliphatic heterocycles. The second-order valence-electron chi connectivity index (χ2n) is 5.48. The fourth-order valence-corrected chi connectivity index (χ4v) is 2.06. The van der Waals surface area contributed by atoms with Gasteiger partial charge in [-0.05, 0) is 31.0 Å². The van der Waals surface area contributed by atoms with Gasteiger partial charge in [0.1, 0.15) is 0 Å². The number of hydrogen-bond donors (Lipinski definition) is 1. The van der Waals surface area contributed by atoms with Crippen LogP contribution in [-0.2, 0) is 6.54 Å². The fraction of sp³-hybridized carbons (Fsp3) is 0.467. The minimum absolute atomic E-state index is 0.469. The lowest BCUT2D eigenvalue weighted by Gasteiger charge is -2.08. The monoisotopic (exact) mass is 256 g/mol. The van der Waals surface area contributed by atoms with Crippen molar-refractivity contribution in [3.63, 3.8) is 0 Å². The smallest absolute Gasteiger partial charge is 0.153 e. The van der Waals surface area contributed by atoms with E-state index in [2.05, 4.69) is 35.3 Å². The highest BCUT2D eigenvalue weighted by Crippen LogP contribution is 2.38. The van der Waals surface area contributed by atoms with E-state index in [1.54, 1.807) is 0 Å². The van der Waals surface area contributed by atoms with Crippen molar-refractivity contribution in [3.8, 4) is 5.82 Å². The summed E-state index contributed by atoms with van der Waals surface area (Å²) in [4.78, 5) is 4.65. The first-order chi connectivity index (χ1) is 9.22. The summed E-state index contributed by atoms with van der Waals surface area (Å²) in [6, 6.07) is 8.67. The minimum atomic E-state index is 0.469. The van der Waals surface area contributed by atoms with Crippen LogP contribution in [0.5, 0.6) is 0 Å². The zero-order valence-electron chi connectivity index (χ0n) is 11.5. The summed E-state index contributed by atoms with van der Waals surface area (Å²) in [6.07, 6.45) is 4.57. The maximum absolute atomic E-state index is 4.65. The Hall–Kier alpha value is -1.68. The lowest BCUT2D eigenvalue weighted by molar-refractivity contribution is 0.580. The average molecular weight is 256 g/mol. The zero-order chi connectivity index (χ0) is 13.2. The Balaban J connectivity index is 1.77. The number of pyridine rings is 1. The number of aromatic nitrogens is 3. The fourth-order valence-electron chi connectivity index (χ4n) is 2.06. The lowest BCUT2D eigenvalue weighted by atomic mass is 10.3. The lowest BCUT2D eigenvalue weighted by Crippen LogP contribution is -2.22. The largest absolute Gasteiger partial charge is 0.309 e. The zero-order valence-corrected chi connectivity index (χ0v) is 11.5. The molecule has 1 fully saturated rings. The summed E-state index contributed by atoms with van der Waals surface area (Å²) in [7, 11) is 0. The van der Waals surface area contributed by atoms with Gasteiger partial charge in [0, 0.05) is 24.7 Å². The molecule has 1 aliphatic carbocycles. The molecule has 100 valence electrons. The molecule has 4 nitrogen and oxygen atoms in total. The molecule has 0 amide bonds. The first-order valence-electron chi connectivity index (χ1n) is 6.97. The molecule has 0 spiro atoms. The number of nitrogens with zero attached hydrogens (tertiary/aromatic N) is 3. The van der Waals surface area contributed by atoms with Crippen molar-refractivity contribution >= 4 is 0 Å². The van der Waals surface area contributed by atoms with Crippen molar-refractivity contribution in [2.45, 2.75) is 45.2 Å². The minimum Gasteiger partial charge on any atom is -0.309 e.